The van der Waals surface area contributed by atoms with Crippen LogP contribution < -0.4 is 20.3 Å². The van der Waals surface area contributed by atoms with E-state index in [1.807, 2.05) is 0 Å². The molecule has 0 radical (unpaired) electrons. The molecular weight excluding hydrogens is 388 g/mol. The molecule has 1 atom stereocenters. The number of nitro groups is 1. The molecule has 2 rings (SSSR count). The highest BCUT2D eigenvalue weighted by Gasteiger charge is 2.18. The molecule has 28 heavy (non-hydrogen) atoms. The highest BCUT2D eigenvalue weighted by molar-refractivity contribution is 6.30. The van der Waals surface area contributed by atoms with Crippen LogP contribution in [0.15, 0.2) is 42.5 Å². The molecule has 0 bridgehead atoms. The number of quaternary nitrogens is 1. The lowest BCUT2D eigenvalue weighted by molar-refractivity contribution is -0.862. The molecule has 0 aliphatic heterocycles. The summed E-state index contributed by atoms with van der Waals surface area (Å²) in [5.41, 5.74) is 0.632. The van der Waals surface area contributed by atoms with Crippen molar-refractivity contribution >= 4 is 40.5 Å². The van der Waals surface area contributed by atoms with Gasteiger partial charge in [-0.2, -0.15) is 0 Å². The number of carbonyl (C=O) groups excluding carboxylic acids is 2. The second-order valence-electron chi connectivity index (χ2n) is 6.06. The van der Waals surface area contributed by atoms with E-state index in [2.05, 4.69) is 10.6 Å². The van der Waals surface area contributed by atoms with Gasteiger partial charge in [0.05, 0.1) is 24.8 Å². The molecule has 2 amide bonds. The smallest absolute Gasteiger partial charge is 0.279 e. The van der Waals surface area contributed by atoms with Gasteiger partial charge < -0.3 is 20.3 Å². The van der Waals surface area contributed by atoms with Gasteiger partial charge in [-0.25, -0.2) is 0 Å². The Morgan fingerprint density at radius 3 is 2.29 bits per heavy atom. The van der Waals surface area contributed by atoms with Crippen LogP contribution in [-0.4, -0.2) is 44.0 Å². The Morgan fingerprint density at radius 2 is 1.71 bits per heavy atom. The molecule has 0 aliphatic rings. The number of ether oxygens (including phenoxy) is 1. The Hall–Kier alpha value is -3.17. The van der Waals surface area contributed by atoms with E-state index in [1.165, 1.54) is 25.3 Å². The van der Waals surface area contributed by atoms with E-state index in [9.17, 15) is 19.7 Å². The van der Waals surface area contributed by atoms with Gasteiger partial charge in [0.1, 0.15) is 5.75 Å². The molecule has 0 heterocycles. The summed E-state index contributed by atoms with van der Waals surface area (Å²) in [7, 11) is 3.08. The minimum atomic E-state index is -0.562. The maximum absolute atomic E-state index is 12.2. The summed E-state index contributed by atoms with van der Waals surface area (Å²) in [5.74, 6) is -0.367. The third kappa shape index (κ3) is 6.22. The van der Waals surface area contributed by atoms with Crippen molar-refractivity contribution in [2.75, 3.05) is 37.9 Å². The quantitative estimate of drug-likeness (QED) is 0.451. The van der Waals surface area contributed by atoms with E-state index in [0.29, 0.717) is 21.4 Å². The number of amides is 2. The number of non-ortho nitro benzene ring substituents is 1. The van der Waals surface area contributed by atoms with Crippen molar-refractivity contribution in [3.63, 3.8) is 0 Å². The molecule has 0 saturated carbocycles. The molecule has 9 nitrogen and oxygen atoms in total. The number of hydrogen-bond donors (Lipinski definition) is 3. The summed E-state index contributed by atoms with van der Waals surface area (Å²) in [4.78, 5) is 35.3. The summed E-state index contributed by atoms with van der Waals surface area (Å²) in [6.07, 6.45) is 0. The molecule has 0 saturated heterocycles. The predicted octanol–water partition coefficient (Wildman–Crippen LogP) is 1.35. The first-order chi connectivity index (χ1) is 13.3. The maximum Gasteiger partial charge on any atom is 0.279 e. The zero-order chi connectivity index (χ0) is 20.7. The van der Waals surface area contributed by atoms with E-state index in [4.69, 9.17) is 16.3 Å². The Balaban J connectivity index is 1.91. The largest absolute Gasteiger partial charge is 0.495 e. The summed E-state index contributed by atoms with van der Waals surface area (Å²) in [6, 6.07) is 10.6. The third-order valence-corrected chi connectivity index (χ3v) is 3.97. The van der Waals surface area contributed by atoms with Crippen LogP contribution in [0, 0.1) is 10.1 Å². The molecule has 2 aromatic carbocycles. The van der Waals surface area contributed by atoms with Gasteiger partial charge in [-0.05, 0) is 30.3 Å². The Kier molecular flexibility index (Phi) is 7.30. The van der Waals surface area contributed by atoms with E-state index >= 15 is 0 Å². The van der Waals surface area contributed by atoms with Gasteiger partial charge in [0.2, 0.25) is 0 Å². The Bertz CT molecular complexity index is 873. The number of benzene rings is 2. The molecule has 1 unspecified atom stereocenters. The molecule has 10 heteroatoms. The maximum atomic E-state index is 12.2. The summed E-state index contributed by atoms with van der Waals surface area (Å²) in [5, 5.41) is 16.8. The first-order valence-electron chi connectivity index (χ1n) is 8.27. The van der Waals surface area contributed by atoms with Crippen LogP contribution in [0.3, 0.4) is 0 Å². The number of methoxy groups -OCH3 is 1. The summed E-state index contributed by atoms with van der Waals surface area (Å²) in [6.45, 7) is 0.0437. The molecule has 2 aromatic rings. The molecule has 0 spiro atoms. The van der Waals surface area contributed by atoms with Gasteiger partial charge in [-0.3, -0.25) is 19.7 Å². The molecular formula is C18H20ClN4O5+. The van der Waals surface area contributed by atoms with E-state index in [0.717, 1.165) is 0 Å². The highest BCUT2D eigenvalue weighted by Crippen LogP contribution is 2.28. The fraction of sp³-hybridized carbons (Fsp3) is 0.222. The Labute approximate surface area is 166 Å². The standard InChI is InChI=1S/C18H19ClN4O5/c1-22(10-17(24)20-13-5-3-12(19)4-6-13)11-18(25)21-15-9-14(23(26)27)7-8-16(15)28-2/h3-9H,10-11H2,1-2H3,(H,20,24)(H,21,25)/p+1. The van der Waals surface area contributed by atoms with E-state index in [1.54, 1.807) is 31.3 Å². The van der Waals surface area contributed by atoms with Gasteiger partial charge in [0.25, 0.3) is 17.5 Å². The lowest BCUT2D eigenvalue weighted by Gasteiger charge is -2.15. The van der Waals surface area contributed by atoms with Crippen molar-refractivity contribution in [1.82, 2.24) is 0 Å². The molecule has 0 aromatic heterocycles. The first-order valence-corrected chi connectivity index (χ1v) is 8.65. The van der Waals surface area contributed by atoms with E-state index < -0.39 is 10.8 Å². The second kappa shape index (κ2) is 9.67. The molecule has 3 N–H and O–H groups in total. The van der Waals surface area contributed by atoms with Crippen molar-refractivity contribution in [3.8, 4) is 5.75 Å². The fourth-order valence-corrected chi connectivity index (χ4v) is 2.58. The lowest BCUT2D eigenvalue weighted by atomic mass is 10.2. The van der Waals surface area contributed by atoms with Crippen LogP contribution in [0.25, 0.3) is 0 Å². The number of rotatable bonds is 8. The number of anilines is 2. The predicted molar refractivity (Wildman–Crippen MR) is 105 cm³/mol. The van der Waals surface area contributed by atoms with Gasteiger partial charge in [-0.15, -0.1) is 0 Å². The number of likely N-dealkylation sites (N-methyl/N-ethyl adjacent to an activating group) is 1. The summed E-state index contributed by atoms with van der Waals surface area (Å²) < 4.78 is 5.11. The number of nitro benzene ring substituents is 1. The summed E-state index contributed by atoms with van der Waals surface area (Å²) >= 11 is 5.80. The monoisotopic (exact) mass is 407 g/mol. The molecule has 148 valence electrons. The minimum absolute atomic E-state index is 0.0140. The van der Waals surface area contributed by atoms with Gasteiger partial charge >= 0.3 is 0 Å². The second-order valence-corrected chi connectivity index (χ2v) is 6.49. The first kappa shape index (κ1) is 21.1. The number of nitrogens with zero attached hydrogens (tertiary/aromatic N) is 1. The van der Waals surface area contributed by atoms with E-state index in [-0.39, 0.29) is 30.4 Å². The van der Waals surface area contributed by atoms with Gasteiger partial charge in [0, 0.05) is 22.8 Å². The van der Waals surface area contributed by atoms with Crippen molar-refractivity contribution in [3.05, 3.63) is 57.6 Å². The lowest BCUT2D eigenvalue weighted by Crippen LogP contribution is -3.11. The minimum Gasteiger partial charge on any atom is -0.495 e. The van der Waals surface area contributed by atoms with Gasteiger partial charge in [-0.1, -0.05) is 11.6 Å². The number of carbonyl (C=O) groups is 2. The van der Waals surface area contributed by atoms with Crippen LogP contribution >= 0.6 is 11.6 Å². The Morgan fingerprint density at radius 1 is 1.11 bits per heavy atom. The zero-order valence-corrected chi connectivity index (χ0v) is 16.1. The fourth-order valence-electron chi connectivity index (χ4n) is 2.45. The van der Waals surface area contributed by atoms with Crippen LogP contribution in [0.5, 0.6) is 5.75 Å². The molecule has 0 aliphatic carbocycles. The molecule has 0 fully saturated rings. The van der Waals surface area contributed by atoms with Crippen molar-refractivity contribution in [2.24, 2.45) is 0 Å². The number of halogens is 1. The number of nitrogens with one attached hydrogen (secondary N) is 3. The van der Waals surface area contributed by atoms with Crippen molar-refractivity contribution < 1.29 is 24.1 Å². The third-order valence-electron chi connectivity index (χ3n) is 3.72. The average molecular weight is 408 g/mol. The topological polar surface area (TPSA) is 115 Å². The van der Waals surface area contributed by atoms with Crippen LogP contribution in [0.4, 0.5) is 17.1 Å². The van der Waals surface area contributed by atoms with Crippen molar-refractivity contribution in [1.29, 1.82) is 0 Å². The average Bonchev–Trinajstić information content (AvgIpc) is 2.63. The normalized spacial score (nSPS) is 11.4. The van der Waals surface area contributed by atoms with Crippen LogP contribution in [0.1, 0.15) is 0 Å². The van der Waals surface area contributed by atoms with Crippen LogP contribution in [-0.2, 0) is 9.59 Å². The van der Waals surface area contributed by atoms with Gasteiger partial charge in [0.15, 0.2) is 13.1 Å². The highest BCUT2D eigenvalue weighted by atomic mass is 35.5. The van der Waals surface area contributed by atoms with Crippen LogP contribution in [0.2, 0.25) is 5.02 Å². The SMILES string of the molecule is COc1ccc([N+](=O)[O-])cc1NC(=O)C[NH+](C)CC(=O)Nc1ccc(Cl)cc1. The van der Waals surface area contributed by atoms with Crippen molar-refractivity contribution in [2.45, 2.75) is 0 Å². The zero-order valence-electron chi connectivity index (χ0n) is 15.3. The number of hydrogen-bond acceptors (Lipinski definition) is 5.